The van der Waals surface area contributed by atoms with Gasteiger partial charge in [-0.3, -0.25) is 9.48 Å². The molecule has 21 heavy (non-hydrogen) atoms. The van der Waals surface area contributed by atoms with E-state index in [9.17, 15) is 4.79 Å². The summed E-state index contributed by atoms with van der Waals surface area (Å²) in [5.74, 6) is 0.295. The number of hydrogen-bond donors (Lipinski definition) is 0. The summed E-state index contributed by atoms with van der Waals surface area (Å²) < 4.78 is 2.55. The summed E-state index contributed by atoms with van der Waals surface area (Å²) in [6, 6.07) is 10.0. The summed E-state index contributed by atoms with van der Waals surface area (Å²) in [6.07, 6.45) is 2.67. The minimum Gasteiger partial charge on any atom is -0.292 e. The number of aromatic nitrogens is 2. The number of ketones is 1. The molecule has 1 aromatic carbocycles. The molecule has 1 heterocycles. The zero-order chi connectivity index (χ0) is 15.4. The van der Waals surface area contributed by atoms with Gasteiger partial charge in [0.25, 0.3) is 0 Å². The number of Topliss-reactive ketones (excluding diaryl/α,β-unsaturated/α-hetero) is 1. The van der Waals surface area contributed by atoms with Crippen LogP contribution in [0, 0.1) is 5.92 Å². The van der Waals surface area contributed by atoms with Crippen molar-refractivity contribution in [2.45, 2.75) is 39.7 Å². The Hall–Kier alpha value is -1.42. The molecule has 0 aliphatic rings. The molecule has 112 valence electrons. The van der Waals surface area contributed by atoms with Crippen LogP contribution in [0.2, 0.25) is 0 Å². The topological polar surface area (TPSA) is 34.9 Å². The van der Waals surface area contributed by atoms with Gasteiger partial charge >= 0.3 is 0 Å². The highest BCUT2D eigenvalue weighted by Gasteiger charge is 2.30. The minimum absolute atomic E-state index is 0.130. The van der Waals surface area contributed by atoms with Gasteiger partial charge in [-0.2, -0.15) is 5.10 Å². The first-order valence-corrected chi connectivity index (χ1v) is 8.19. The molecule has 2 unspecified atom stereocenters. The van der Waals surface area contributed by atoms with Gasteiger partial charge in [-0.1, -0.05) is 50.6 Å². The molecule has 4 heteroatoms. The van der Waals surface area contributed by atoms with Gasteiger partial charge in [0, 0.05) is 6.54 Å². The van der Waals surface area contributed by atoms with Gasteiger partial charge in [0.15, 0.2) is 5.78 Å². The lowest BCUT2D eigenvalue weighted by atomic mass is 9.81. The van der Waals surface area contributed by atoms with E-state index in [0.29, 0.717) is 12.2 Å². The number of aryl methyl sites for hydroxylation is 1. The van der Waals surface area contributed by atoms with Gasteiger partial charge in [-0.05, 0) is 34.3 Å². The molecule has 0 amide bonds. The third-order valence-electron chi connectivity index (χ3n) is 3.98. The fraction of sp³-hybridized carbons (Fsp3) is 0.412. The number of halogens is 1. The summed E-state index contributed by atoms with van der Waals surface area (Å²) in [5.41, 5.74) is 1.75. The normalized spacial score (nSPS) is 13.9. The highest BCUT2D eigenvalue weighted by Crippen LogP contribution is 2.32. The Labute approximate surface area is 134 Å². The summed E-state index contributed by atoms with van der Waals surface area (Å²) in [7, 11) is 0. The highest BCUT2D eigenvalue weighted by atomic mass is 79.9. The average molecular weight is 349 g/mol. The lowest BCUT2D eigenvalue weighted by Crippen LogP contribution is -2.23. The maximum atomic E-state index is 13.1. The largest absolute Gasteiger partial charge is 0.292 e. The van der Waals surface area contributed by atoms with E-state index in [0.717, 1.165) is 16.5 Å². The summed E-state index contributed by atoms with van der Waals surface area (Å²) in [4.78, 5) is 13.1. The Balaban J connectivity index is 2.46. The first kappa shape index (κ1) is 16.0. The Bertz CT molecular complexity index is 607. The molecule has 0 aliphatic carbocycles. The standard InChI is InChI=1S/C17H21BrN2O/c1-4-12(3)15(13-9-7-6-8-10-13)17(21)16-14(18)11-19-20(16)5-2/h6-12,15H,4-5H2,1-3H3. The van der Waals surface area contributed by atoms with E-state index in [1.807, 2.05) is 37.3 Å². The van der Waals surface area contributed by atoms with Crippen molar-refractivity contribution in [3.8, 4) is 0 Å². The van der Waals surface area contributed by atoms with Gasteiger partial charge in [-0.15, -0.1) is 0 Å². The molecule has 0 saturated carbocycles. The number of hydrogen-bond acceptors (Lipinski definition) is 2. The molecule has 0 radical (unpaired) electrons. The smallest absolute Gasteiger partial charge is 0.189 e. The second-order valence-corrected chi connectivity index (χ2v) is 6.15. The summed E-state index contributed by atoms with van der Waals surface area (Å²) in [6.45, 7) is 6.95. The molecule has 1 aromatic heterocycles. The Kier molecular flexibility index (Phi) is 5.34. The van der Waals surface area contributed by atoms with Crippen molar-refractivity contribution in [3.05, 3.63) is 52.3 Å². The van der Waals surface area contributed by atoms with Crippen LogP contribution in [0.4, 0.5) is 0 Å². The van der Waals surface area contributed by atoms with Crippen molar-refractivity contribution in [3.63, 3.8) is 0 Å². The third kappa shape index (κ3) is 3.26. The van der Waals surface area contributed by atoms with Crippen LogP contribution in [0.25, 0.3) is 0 Å². The van der Waals surface area contributed by atoms with Crippen LogP contribution < -0.4 is 0 Å². The van der Waals surface area contributed by atoms with Crippen LogP contribution >= 0.6 is 15.9 Å². The van der Waals surface area contributed by atoms with E-state index in [4.69, 9.17) is 0 Å². The fourth-order valence-electron chi connectivity index (χ4n) is 2.63. The molecule has 0 aliphatic heterocycles. The van der Waals surface area contributed by atoms with Gasteiger partial charge in [0.1, 0.15) is 5.69 Å². The predicted molar refractivity (Wildman–Crippen MR) is 88.6 cm³/mol. The second-order valence-electron chi connectivity index (χ2n) is 5.30. The second kappa shape index (κ2) is 7.03. The van der Waals surface area contributed by atoms with Crippen LogP contribution in [0.3, 0.4) is 0 Å². The van der Waals surface area contributed by atoms with Gasteiger partial charge < -0.3 is 0 Å². The van der Waals surface area contributed by atoms with E-state index in [1.54, 1.807) is 10.9 Å². The lowest BCUT2D eigenvalue weighted by molar-refractivity contribution is 0.0920. The predicted octanol–water partition coefficient (Wildman–Crippen LogP) is 4.68. The molecule has 0 saturated heterocycles. The number of benzene rings is 1. The molecule has 0 N–H and O–H groups in total. The SMILES string of the molecule is CCC(C)C(C(=O)c1c(Br)cnn1CC)c1ccccc1. The zero-order valence-electron chi connectivity index (χ0n) is 12.7. The highest BCUT2D eigenvalue weighted by molar-refractivity contribution is 9.10. The monoisotopic (exact) mass is 348 g/mol. The molecule has 3 nitrogen and oxygen atoms in total. The zero-order valence-corrected chi connectivity index (χ0v) is 14.3. The molecular formula is C17H21BrN2O. The van der Waals surface area contributed by atoms with Crippen LogP contribution in [0.1, 0.15) is 49.2 Å². The van der Waals surface area contributed by atoms with Crippen LogP contribution in [-0.4, -0.2) is 15.6 Å². The number of carbonyl (C=O) groups excluding carboxylic acids is 1. The summed E-state index contributed by atoms with van der Waals surface area (Å²) in [5, 5.41) is 4.27. The Morgan fingerprint density at radius 3 is 2.52 bits per heavy atom. The number of rotatable bonds is 6. The maximum absolute atomic E-state index is 13.1. The molecule has 2 atom stereocenters. The van der Waals surface area contributed by atoms with E-state index >= 15 is 0 Å². The van der Waals surface area contributed by atoms with Crippen molar-refractivity contribution >= 4 is 21.7 Å². The minimum atomic E-state index is -0.130. The molecule has 0 fully saturated rings. The van der Waals surface area contributed by atoms with Crippen LogP contribution in [0.5, 0.6) is 0 Å². The maximum Gasteiger partial charge on any atom is 0.189 e. The van der Waals surface area contributed by atoms with E-state index in [-0.39, 0.29) is 17.6 Å². The third-order valence-corrected chi connectivity index (χ3v) is 4.56. The lowest BCUT2D eigenvalue weighted by Gasteiger charge is -2.22. The number of carbonyl (C=O) groups is 1. The molecule has 0 bridgehead atoms. The molecular weight excluding hydrogens is 328 g/mol. The first-order valence-electron chi connectivity index (χ1n) is 7.40. The van der Waals surface area contributed by atoms with E-state index in [1.165, 1.54) is 0 Å². The van der Waals surface area contributed by atoms with Crippen LogP contribution in [-0.2, 0) is 6.54 Å². The first-order chi connectivity index (χ1) is 10.1. The van der Waals surface area contributed by atoms with Crippen molar-refractivity contribution < 1.29 is 4.79 Å². The number of nitrogens with zero attached hydrogens (tertiary/aromatic N) is 2. The fourth-order valence-corrected chi connectivity index (χ4v) is 3.12. The average Bonchev–Trinajstić information content (AvgIpc) is 2.89. The van der Waals surface area contributed by atoms with Crippen molar-refractivity contribution in [1.29, 1.82) is 0 Å². The van der Waals surface area contributed by atoms with Gasteiger partial charge in [0.05, 0.1) is 16.6 Å². The summed E-state index contributed by atoms with van der Waals surface area (Å²) >= 11 is 3.47. The van der Waals surface area contributed by atoms with Crippen LogP contribution in [0.15, 0.2) is 41.0 Å². The van der Waals surface area contributed by atoms with Crippen molar-refractivity contribution in [2.75, 3.05) is 0 Å². The van der Waals surface area contributed by atoms with Gasteiger partial charge in [0.2, 0.25) is 0 Å². The quantitative estimate of drug-likeness (QED) is 0.710. The van der Waals surface area contributed by atoms with Crippen molar-refractivity contribution in [2.24, 2.45) is 5.92 Å². The Morgan fingerprint density at radius 2 is 1.95 bits per heavy atom. The Morgan fingerprint density at radius 1 is 1.29 bits per heavy atom. The molecule has 2 rings (SSSR count). The molecule has 0 spiro atoms. The van der Waals surface area contributed by atoms with E-state index < -0.39 is 0 Å². The molecule has 2 aromatic rings. The van der Waals surface area contributed by atoms with Crippen molar-refractivity contribution in [1.82, 2.24) is 9.78 Å². The van der Waals surface area contributed by atoms with E-state index in [2.05, 4.69) is 34.9 Å². The van der Waals surface area contributed by atoms with Gasteiger partial charge in [-0.25, -0.2) is 0 Å².